The lowest BCUT2D eigenvalue weighted by molar-refractivity contribution is 0.950. The Bertz CT molecular complexity index is 301. The first-order valence-electron chi connectivity index (χ1n) is 4.50. The van der Waals surface area contributed by atoms with Crippen LogP contribution in [0, 0.1) is 5.92 Å². The van der Waals surface area contributed by atoms with Gasteiger partial charge in [-0.1, -0.05) is 18.2 Å². The van der Waals surface area contributed by atoms with Crippen molar-refractivity contribution in [1.29, 1.82) is 0 Å². The number of hydrogen-bond donors (Lipinski definition) is 2. The highest BCUT2D eigenvalue weighted by molar-refractivity contribution is 5.88. The minimum atomic E-state index is 0.560. The second-order valence-corrected chi connectivity index (χ2v) is 3.25. The number of hydrogen-bond acceptors (Lipinski definition) is 2. The Balaban J connectivity index is 2.17. The number of rotatable bonds is 2. The van der Waals surface area contributed by atoms with Crippen molar-refractivity contribution in [3.63, 3.8) is 0 Å². The Kier molecular flexibility index (Phi) is 2.27. The number of nitrogens with two attached hydrogens (primary N) is 1. The molecule has 1 aromatic carbocycles. The minimum Gasteiger partial charge on any atom is -0.312 e. The molecule has 0 unspecified atom stereocenters. The van der Waals surface area contributed by atoms with Crippen molar-refractivity contribution >= 4 is 11.5 Å². The molecule has 68 valence electrons. The highest BCUT2D eigenvalue weighted by atomic mass is 15.3. The Labute approximate surface area is 77.6 Å². The van der Waals surface area contributed by atoms with E-state index in [2.05, 4.69) is 10.4 Å². The van der Waals surface area contributed by atoms with E-state index in [4.69, 9.17) is 5.84 Å². The number of para-hydroxylation sites is 1. The van der Waals surface area contributed by atoms with Crippen LogP contribution in [0.2, 0.25) is 0 Å². The molecule has 0 radical (unpaired) electrons. The summed E-state index contributed by atoms with van der Waals surface area (Å²) in [5, 5.41) is 0. The van der Waals surface area contributed by atoms with Gasteiger partial charge in [-0.2, -0.15) is 0 Å². The smallest absolute Gasteiger partial charge is 0.119 e. The number of nitrogens with zero attached hydrogens (tertiary/aromatic N) is 1. The van der Waals surface area contributed by atoms with E-state index in [1.54, 1.807) is 0 Å². The molecule has 3 nitrogen and oxygen atoms in total. The van der Waals surface area contributed by atoms with Crippen LogP contribution in [-0.2, 0) is 0 Å². The summed E-state index contributed by atoms with van der Waals surface area (Å²) in [6.07, 6.45) is 2.41. The Morgan fingerprint density at radius 3 is 2.54 bits per heavy atom. The van der Waals surface area contributed by atoms with E-state index in [1.807, 2.05) is 30.3 Å². The van der Waals surface area contributed by atoms with Crippen LogP contribution in [0.5, 0.6) is 0 Å². The molecule has 0 saturated heterocycles. The topological polar surface area (TPSA) is 50.4 Å². The van der Waals surface area contributed by atoms with Crippen molar-refractivity contribution in [1.82, 2.24) is 5.43 Å². The van der Waals surface area contributed by atoms with Gasteiger partial charge in [0.05, 0.1) is 5.69 Å². The standard InChI is InChI=1S/C10H13N3/c11-13-10(8-6-7-8)12-9-4-2-1-3-5-9/h1-5,8H,6-7,11H2,(H,12,13). The molecule has 0 aromatic heterocycles. The van der Waals surface area contributed by atoms with Gasteiger partial charge < -0.3 is 5.43 Å². The summed E-state index contributed by atoms with van der Waals surface area (Å²) in [6, 6.07) is 9.87. The van der Waals surface area contributed by atoms with Gasteiger partial charge in [0.2, 0.25) is 0 Å². The maximum absolute atomic E-state index is 5.38. The Morgan fingerprint density at radius 2 is 2.00 bits per heavy atom. The van der Waals surface area contributed by atoms with Crippen LogP contribution in [0.3, 0.4) is 0 Å². The van der Waals surface area contributed by atoms with Gasteiger partial charge in [-0.15, -0.1) is 0 Å². The molecule has 1 aliphatic rings. The lowest BCUT2D eigenvalue weighted by Crippen LogP contribution is -2.31. The molecule has 0 bridgehead atoms. The normalized spacial score (nSPS) is 17.2. The van der Waals surface area contributed by atoms with Crippen molar-refractivity contribution in [3.05, 3.63) is 30.3 Å². The molecule has 0 aliphatic heterocycles. The van der Waals surface area contributed by atoms with E-state index in [0.29, 0.717) is 5.92 Å². The third-order valence-electron chi connectivity index (χ3n) is 2.12. The number of hydrazine groups is 1. The van der Waals surface area contributed by atoms with E-state index < -0.39 is 0 Å². The molecule has 2 rings (SSSR count). The second kappa shape index (κ2) is 3.58. The fourth-order valence-corrected chi connectivity index (χ4v) is 1.24. The average Bonchev–Trinajstić information content (AvgIpc) is 2.99. The molecular weight excluding hydrogens is 162 g/mol. The first-order chi connectivity index (χ1) is 6.40. The maximum atomic E-state index is 5.38. The van der Waals surface area contributed by atoms with Crippen molar-refractivity contribution in [2.24, 2.45) is 16.8 Å². The summed E-state index contributed by atoms with van der Waals surface area (Å²) < 4.78 is 0. The van der Waals surface area contributed by atoms with E-state index in [-0.39, 0.29) is 0 Å². The molecule has 1 saturated carbocycles. The largest absolute Gasteiger partial charge is 0.312 e. The first-order valence-corrected chi connectivity index (χ1v) is 4.50. The average molecular weight is 175 g/mol. The fourth-order valence-electron chi connectivity index (χ4n) is 1.24. The van der Waals surface area contributed by atoms with Crippen LogP contribution in [0.15, 0.2) is 35.3 Å². The van der Waals surface area contributed by atoms with Crippen molar-refractivity contribution in [2.75, 3.05) is 0 Å². The van der Waals surface area contributed by atoms with Crippen LogP contribution >= 0.6 is 0 Å². The molecule has 0 spiro atoms. The second-order valence-electron chi connectivity index (χ2n) is 3.25. The molecular formula is C10H13N3. The molecule has 3 heteroatoms. The predicted molar refractivity (Wildman–Crippen MR) is 53.6 cm³/mol. The van der Waals surface area contributed by atoms with Crippen molar-refractivity contribution in [2.45, 2.75) is 12.8 Å². The minimum absolute atomic E-state index is 0.560. The maximum Gasteiger partial charge on any atom is 0.119 e. The van der Waals surface area contributed by atoms with Gasteiger partial charge in [-0.25, -0.2) is 10.8 Å². The SMILES string of the molecule is NNC(=Nc1ccccc1)C1CC1. The summed E-state index contributed by atoms with van der Waals surface area (Å²) >= 11 is 0. The van der Waals surface area contributed by atoms with E-state index in [1.165, 1.54) is 12.8 Å². The number of amidine groups is 1. The molecule has 3 N–H and O–H groups in total. The lowest BCUT2D eigenvalue weighted by Gasteiger charge is -2.02. The molecule has 1 aliphatic carbocycles. The van der Waals surface area contributed by atoms with Crippen LogP contribution in [0.25, 0.3) is 0 Å². The summed E-state index contributed by atoms with van der Waals surface area (Å²) in [7, 11) is 0. The highest BCUT2D eigenvalue weighted by Crippen LogP contribution is 2.30. The van der Waals surface area contributed by atoms with Gasteiger partial charge in [-0.3, -0.25) is 0 Å². The fraction of sp³-hybridized carbons (Fsp3) is 0.300. The van der Waals surface area contributed by atoms with Crippen LogP contribution in [0.1, 0.15) is 12.8 Å². The third-order valence-corrected chi connectivity index (χ3v) is 2.12. The molecule has 1 aromatic rings. The van der Waals surface area contributed by atoms with Gasteiger partial charge in [-0.05, 0) is 25.0 Å². The van der Waals surface area contributed by atoms with Crippen LogP contribution in [0.4, 0.5) is 5.69 Å². The summed E-state index contributed by atoms with van der Waals surface area (Å²) in [4.78, 5) is 4.42. The zero-order valence-electron chi connectivity index (χ0n) is 7.40. The van der Waals surface area contributed by atoms with Crippen molar-refractivity contribution < 1.29 is 0 Å². The van der Waals surface area contributed by atoms with Crippen LogP contribution < -0.4 is 11.3 Å². The summed E-state index contributed by atoms with van der Waals surface area (Å²) in [6.45, 7) is 0. The zero-order chi connectivity index (χ0) is 9.10. The highest BCUT2D eigenvalue weighted by Gasteiger charge is 2.26. The Hall–Kier alpha value is -1.35. The molecule has 13 heavy (non-hydrogen) atoms. The van der Waals surface area contributed by atoms with E-state index in [0.717, 1.165) is 11.5 Å². The van der Waals surface area contributed by atoms with Gasteiger partial charge in [0, 0.05) is 5.92 Å². The van der Waals surface area contributed by atoms with E-state index >= 15 is 0 Å². The number of aliphatic imine (C=N–C) groups is 1. The van der Waals surface area contributed by atoms with Gasteiger partial charge >= 0.3 is 0 Å². The van der Waals surface area contributed by atoms with Crippen molar-refractivity contribution in [3.8, 4) is 0 Å². The molecule has 0 atom stereocenters. The van der Waals surface area contributed by atoms with E-state index in [9.17, 15) is 0 Å². The van der Waals surface area contributed by atoms with Gasteiger partial charge in [0.1, 0.15) is 5.84 Å². The Morgan fingerprint density at radius 1 is 1.31 bits per heavy atom. The van der Waals surface area contributed by atoms with Gasteiger partial charge in [0.25, 0.3) is 0 Å². The predicted octanol–water partition coefficient (Wildman–Crippen LogP) is 1.59. The number of benzene rings is 1. The quantitative estimate of drug-likeness (QED) is 0.310. The monoisotopic (exact) mass is 175 g/mol. The van der Waals surface area contributed by atoms with Gasteiger partial charge in [0.15, 0.2) is 0 Å². The molecule has 0 amide bonds. The third kappa shape index (κ3) is 2.06. The number of nitrogens with one attached hydrogen (secondary N) is 1. The first kappa shape index (κ1) is 8.26. The summed E-state index contributed by atoms with van der Waals surface area (Å²) in [5.41, 5.74) is 3.62. The molecule has 1 fully saturated rings. The lowest BCUT2D eigenvalue weighted by atomic mass is 10.3. The summed E-state index contributed by atoms with van der Waals surface area (Å²) in [5.74, 6) is 6.85. The molecule has 0 heterocycles. The van der Waals surface area contributed by atoms with Crippen LogP contribution in [-0.4, -0.2) is 5.84 Å². The zero-order valence-corrected chi connectivity index (χ0v) is 7.40.